The third-order valence-corrected chi connectivity index (χ3v) is 3.58. The second-order valence-corrected chi connectivity index (χ2v) is 5.22. The van der Waals surface area contributed by atoms with Crippen LogP contribution in [0.3, 0.4) is 0 Å². The fraction of sp³-hybridized carbons (Fsp3) is 0.625. The molecule has 1 unspecified atom stereocenters. The van der Waals surface area contributed by atoms with Gasteiger partial charge in [-0.15, -0.1) is 0 Å². The fourth-order valence-electron chi connectivity index (χ4n) is 2.16. The van der Waals surface area contributed by atoms with E-state index in [1.165, 1.54) is 24.0 Å². The Kier molecular flexibility index (Phi) is 6.99. The molecule has 2 nitrogen and oxygen atoms in total. The summed E-state index contributed by atoms with van der Waals surface area (Å²) in [6, 6.07) is 9.70. The average Bonchev–Trinajstić information content (AvgIpc) is 2.38. The number of nitrogens with one attached hydrogen (secondary N) is 1. The fourth-order valence-corrected chi connectivity index (χ4v) is 2.16. The monoisotopic (exact) mass is 248 g/mol. The summed E-state index contributed by atoms with van der Waals surface area (Å²) in [6.07, 6.45) is 3.64. The van der Waals surface area contributed by atoms with Gasteiger partial charge in [-0.3, -0.25) is 4.90 Å². The molecule has 0 saturated heterocycles. The van der Waals surface area contributed by atoms with Crippen LogP contribution in [-0.4, -0.2) is 31.6 Å². The first-order valence-corrected chi connectivity index (χ1v) is 7.10. The van der Waals surface area contributed by atoms with Crippen molar-refractivity contribution in [2.75, 3.05) is 20.6 Å². The summed E-state index contributed by atoms with van der Waals surface area (Å²) < 4.78 is 0. The van der Waals surface area contributed by atoms with Gasteiger partial charge in [0.25, 0.3) is 0 Å². The van der Waals surface area contributed by atoms with Crippen LogP contribution >= 0.6 is 0 Å². The zero-order chi connectivity index (χ0) is 13.4. The highest BCUT2D eigenvalue weighted by molar-refractivity contribution is 5.22. The molecule has 0 fully saturated rings. The molecule has 0 amide bonds. The molecule has 0 heterocycles. The Labute approximate surface area is 112 Å². The largest absolute Gasteiger partial charge is 0.319 e. The van der Waals surface area contributed by atoms with Gasteiger partial charge in [-0.05, 0) is 51.5 Å². The van der Waals surface area contributed by atoms with Crippen molar-refractivity contribution >= 4 is 0 Å². The topological polar surface area (TPSA) is 15.3 Å². The lowest BCUT2D eigenvalue weighted by Crippen LogP contribution is -2.28. The van der Waals surface area contributed by atoms with E-state index < -0.39 is 0 Å². The lowest BCUT2D eigenvalue weighted by molar-refractivity contribution is 0.237. The third-order valence-electron chi connectivity index (χ3n) is 3.58. The molecule has 0 aliphatic rings. The number of nitrogens with zero attached hydrogens (tertiary/aromatic N) is 1. The highest BCUT2D eigenvalue weighted by Crippen LogP contribution is 2.11. The van der Waals surface area contributed by atoms with Crippen molar-refractivity contribution in [3.05, 3.63) is 35.4 Å². The molecule has 1 aromatic rings. The van der Waals surface area contributed by atoms with Gasteiger partial charge >= 0.3 is 0 Å². The molecule has 0 aromatic heterocycles. The standard InChI is InChI=1S/C16H28N2/c1-5-6-14(2)18(4)13-16-9-7-15(8-10-16)11-12-17-3/h7-10,14,17H,5-6,11-13H2,1-4H3. The molecule has 0 saturated carbocycles. The molecule has 1 atom stereocenters. The number of benzene rings is 1. The predicted molar refractivity (Wildman–Crippen MR) is 79.9 cm³/mol. The predicted octanol–water partition coefficient (Wildman–Crippen LogP) is 3.07. The quantitative estimate of drug-likeness (QED) is 0.760. The summed E-state index contributed by atoms with van der Waals surface area (Å²) in [7, 11) is 4.22. The van der Waals surface area contributed by atoms with E-state index in [9.17, 15) is 0 Å². The van der Waals surface area contributed by atoms with Gasteiger partial charge < -0.3 is 5.32 Å². The van der Waals surface area contributed by atoms with E-state index in [2.05, 4.69) is 55.4 Å². The molecule has 0 bridgehead atoms. The van der Waals surface area contributed by atoms with Gasteiger partial charge in [0.15, 0.2) is 0 Å². The second-order valence-electron chi connectivity index (χ2n) is 5.22. The molecule has 1 rings (SSSR count). The van der Waals surface area contributed by atoms with Gasteiger partial charge in [-0.25, -0.2) is 0 Å². The van der Waals surface area contributed by atoms with Crippen LogP contribution in [0.15, 0.2) is 24.3 Å². The Morgan fingerprint density at radius 3 is 2.33 bits per heavy atom. The van der Waals surface area contributed by atoms with Gasteiger partial charge in [0.05, 0.1) is 0 Å². The van der Waals surface area contributed by atoms with Crippen LogP contribution in [-0.2, 0) is 13.0 Å². The van der Waals surface area contributed by atoms with Crippen molar-refractivity contribution in [1.82, 2.24) is 10.2 Å². The molecule has 0 spiro atoms. The van der Waals surface area contributed by atoms with E-state index in [0.29, 0.717) is 6.04 Å². The Bertz CT molecular complexity index is 318. The van der Waals surface area contributed by atoms with Crippen LogP contribution < -0.4 is 5.32 Å². The van der Waals surface area contributed by atoms with Crippen molar-refractivity contribution < 1.29 is 0 Å². The van der Waals surface area contributed by atoms with Crippen molar-refractivity contribution in [3.8, 4) is 0 Å². The Balaban J connectivity index is 2.47. The van der Waals surface area contributed by atoms with E-state index in [4.69, 9.17) is 0 Å². The molecule has 18 heavy (non-hydrogen) atoms. The maximum atomic E-state index is 3.18. The summed E-state index contributed by atoms with van der Waals surface area (Å²) in [5.74, 6) is 0. The molecule has 0 radical (unpaired) electrons. The lowest BCUT2D eigenvalue weighted by atomic mass is 10.1. The van der Waals surface area contributed by atoms with E-state index in [0.717, 1.165) is 19.5 Å². The Morgan fingerprint density at radius 1 is 1.17 bits per heavy atom. The third kappa shape index (κ3) is 5.19. The Hall–Kier alpha value is -0.860. The molecular weight excluding hydrogens is 220 g/mol. The normalized spacial score (nSPS) is 12.9. The van der Waals surface area contributed by atoms with Crippen LogP contribution in [0.2, 0.25) is 0 Å². The summed E-state index contributed by atoms with van der Waals surface area (Å²) in [5.41, 5.74) is 2.83. The molecular formula is C16H28N2. The Morgan fingerprint density at radius 2 is 1.78 bits per heavy atom. The van der Waals surface area contributed by atoms with Crippen LogP contribution in [0.4, 0.5) is 0 Å². The number of hydrogen-bond donors (Lipinski definition) is 1. The average molecular weight is 248 g/mol. The summed E-state index contributed by atoms with van der Waals surface area (Å²) in [4.78, 5) is 2.44. The maximum Gasteiger partial charge on any atom is 0.0233 e. The molecule has 0 aliphatic heterocycles. The van der Waals surface area contributed by atoms with Crippen LogP contribution in [0, 0.1) is 0 Å². The zero-order valence-electron chi connectivity index (χ0n) is 12.4. The molecule has 1 aromatic carbocycles. The minimum Gasteiger partial charge on any atom is -0.319 e. The molecule has 0 aliphatic carbocycles. The van der Waals surface area contributed by atoms with Crippen LogP contribution in [0.5, 0.6) is 0 Å². The minimum absolute atomic E-state index is 0.666. The smallest absolute Gasteiger partial charge is 0.0233 e. The van der Waals surface area contributed by atoms with E-state index in [-0.39, 0.29) is 0 Å². The minimum atomic E-state index is 0.666. The summed E-state index contributed by atoms with van der Waals surface area (Å²) in [5, 5.41) is 3.18. The first-order valence-electron chi connectivity index (χ1n) is 7.10. The maximum absolute atomic E-state index is 3.18. The second kappa shape index (κ2) is 8.28. The van der Waals surface area contributed by atoms with Gasteiger partial charge in [0.2, 0.25) is 0 Å². The highest BCUT2D eigenvalue weighted by Gasteiger charge is 2.08. The van der Waals surface area contributed by atoms with E-state index in [1.807, 2.05) is 7.05 Å². The van der Waals surface area contributed by atoms with Crippen molar-refractivity contribution in [1.29, 1.82) is 0 Å². The summed E-state index contributed by atoms with van der Waals surface area (Å²) in [6.45, 7) is 6.66. The van der Waals surface area contributed by atoms with E-state index >= 15 is 0 Å². The van der Waals surface area contributed by atoms with Gasteiger partial charge in [0.1, 0.15) is 0 Å². The summed E-state index contributed by atoms with van der Waals surface area (Å²) >= 11 is 0. The first kappa shape index (κ1) is 15.2. The number of hydrogen-bond acceptors (Lipinski definition) is 2. The molecule has 1 N–H and O–H groups in total. The van der Waals surface area contributed by atoms with Gasteiger partial charge in [-0.1, -0.05) is 37.6 Å². The number of likely N-dealkylation sites (N-methyl/N-ethyl adjacent to an activating group) is 1. The molecule has 2 heteroatoms. The SMILES string of the molecule is CCCC(C)N(C)Cc1ccc(CCNC)cc1. The first-order chi connectivity index (χ1) is 8.67. The van der Waals surface area contributed by atoms with Gasteiger partial charge in [0, 0.05) is 12.6 Å². The van der Waals surface area contributed by atoms with Crippen LogP contribution in [0.1, 0.15) is 37.8 Å². The van der Waals surface area contributed by atoms with E-state index in [1.54, 1.807) is 0 Å². The molecule has 102 valence electrons. The van der Waals surface area contributed by atoms with Crippen LogP contribution in [0.25, 0.3) is 0 Å². The van der Waals surface area contributed by atoms with Crippen molar-refractivity contribution in [2.45, 2.75) is 45.7 Å². The van der Waals surface area contributed by atoms with Gasteiger partial charge in [-0.2, -0.15) is 0 Å². The lowest BCUT2D eigenvalue weighted by Gasteiger charge is -2.24. The number of rotatable bonds is 8. The zero-order valence-corrected chi connectivity index (χ0v) is 12.4. The van der Waals surface area contributed by atoms with Crippen molar-refractivity contribution in [2.24, 2.45) is 0 Å². The highest BCUT2D eigenvalue weighted by atomic mass is 15.1. The van der Waals surface area contributed by atoms with Crippen molar-refractivity contribution in [3.63, 3.8) is 0 Å².